The van der Waals surface area contributed by atoms with Crippen LogP contribution in [0.15, 0.2) is 24.3 Å². The van der Waals surface area contributed by atoms with Gasteiger partial charge >= 0.3 is 0 Å². The Morgan fingerprint density at radius 1 is 1.45 bits per heavy atom. The van der Waals surface area contributed by atoms with Crippen LogP contribution in [-0.2, 0) is 4.79 Å². The number of likely N-dealkylation sites (tertiary alicyclic amines) is 1. The lowest BCUT2D eigenvalue weighted by molar-refractivity contribution is -0.122. The van der Waals surface area contributed by atoms with Gasteiger partial charge in [-0.2, -0.15) is 0 Å². The van der Waals surface area contributed by atoms with Crippen molar-refractivity contribution in [3.05, 3.63) is 29.8 Å². The number of para-hydroxylation sites is 1. The zero-order chi connectivity index (χ0) is 14.2. The third kappa shape index (κ3) is 2.80. The highest BCUT2D eigenvalue weighted by Crippen LogP contribution is 2.32. The fourth-order valence-corrected chi connectivity index (χ4v) is 3.08. The number of benzene rings is 1. The van der Waals surface area contributed by atoms with Crippen LogP contribution in [0.5, 0.6) is 5.75 Å². The number of ether oxygens (including phenoxy) is 1. The van der Waals surface area contributed by atoms with E-state index in [1.807, 2.05) is 24.3 Å². The van der Waals surface area contributed by atoms with Gasteiger partial charge in [0.25, 0.3) is 0 Å². The number of nitrogens with zero attached hydrogens (tertiary/aromatic N) is 1. The highest BCUT2D eigenvalue weighted by atomic mass is 16.5. The van der Waals surface area contributed by atoms with Gasteiger partial charge in [0.15, 0.2) is 0 Å². The molecule has 108 valence electrons. The van der Waals surface area contributed by atoms with E-state index in [-0.39, 0.29) is 11.9 Å². The number of fused-ring (bicyclic) bond motifs is 1. The maximum Gasteiger partial charge on any atom is 0.234 e. The van der Waals surface area contributed by atoms with Gasteiger partial charge in [-0.3, -0.25) is 9.69 Å². The van der Waals surface area contributed by atoms with Crippen LogP contribution in [0.25, 0.3) is 0 Å². The lowest BCUT2D eigenvalue weighted by atomic mass is 9.93. The lowest BCUT2D eigenvalue weighted by Crippen LogP contribution is -2.38. The van der Waals surface area contributed by atoms with Crippen molar-refractivity contribution in [3.8, 4) is 5.75 Å². The molecule has 1 aromatic carbocycles. The number of rotatable bonds is 3. The number of hydrogen-bond donors (Lipinski definition) is 1. The molecule has 1 aromatic rings. The second-order valence-electron chi connectivity index (χ2n) is 6.59. The van der Waals surface area contributed by atoms with Crippen LogP contribution >= 0.6 is 0 Å². The average Bonchev–Trinajstić information content (AvgIpc) is 2.94. The SMILES string of the molecule is CC1(C)CCN(CC(=O)NC2COc3ccccc32)C1. The number of amides is 1. The minimum atomic E-state index is -0.00527. The molecular formula is C16H22N2O2. The molecule has 0 aromatic heterocycles. The quantitative estimate of drug-likeness (QED) is 0.916. The molecule has 0 radical (unpaired) electrons. The lowest BCUT2D eigenvalue weighted by Gasteiger charge is -2.20. The van der Waals surface area contributed by atoms with Crippen LogP contribution in [0, 0.1) is 5.41 Å². The first-order valence-electron chi connectivity index (χ1n) is 7.27. The van der Waals surface area contributed by atoms with Crippen LogP contribution < -0.4 is 10.1 Å². The molecule has 1 unspecified atom stereocenters. The molecule has 0 spiro atoms. The Labute approximate surface area is 120 Å². The standard InChI is InChI=1S/C16H22N2O2/c1-16(2)7-8-18(11-16)9-15(19)17-13-10-20-14-6-4-3-5-12(13)14/h3-6,13H,7-11H2,1-2H3,(H,17,19). The molecule has 2 aliphatic heterocycles. The van der Waals surface area contributed by atoms with E-state index in [9.17, 15) is 4.79 Å². The van der Waals surface area contributed by atoms with Crippen molar-refractivity contribution in [1.82, 2.24) is 10.2 Å². The molecule has 0 bridgehead atoms. The molecule has 2 heterocycles. The van der Waals surface area contributed by atoms with E-state index in [0.29, 0.717) is 18.6 Å². The summed E-state index contributed by atoms with van der Waals surface area (Å²) in [6.45, 7) is 7.55. The average molecular weight is 274 g/mol. The van der Waals surface area contributed by atoms with Crippen LogP contribution in [0.4, 0.5) is 0 Å². The van der Waals surface area contributed by atoms with Gasteiger partial charge < -0.3 is 10.1 Å². The Morgan fingerprint density at radius 3 is 3.00 bits per heavy atom. The minimum Gasteiger partial charge on any atom is -0.491 e. The first kappa shape index (κ1) is 13.4. The molecule has 1 atom stereocenters. The predicted octanol–water partition coefficient (Wildman–Crippen LogP) is 1.97. The smallest absolute Gasteiger partial charge is 0.234 e. The Balaban J connectivity index is 1.56. The van der Waals surface area contributed by atoms with Crippen LogP contribution in [0.1, 0.15) is 31.9 Å². The molecule has 4 heteroatoms. The molecule has 2 aliphatic rings. The summed E-state index contributed by atoms with van der Waals surface area (Å²) in [6, 6.07) is 7.90. The van der Waals surface area contributed by atoms with Gasteiger partial charge in [-0.25, -0.2) is 0 Å². The Hall–Kier alpha value is -1.55. The normalized spacial score (nSPS) is 24.2. The van der Waals surface area contributed by atoms with Crippen molar-refractivity contribution < 1.29 is 9.53 Å². The van der Waals surface area contributed by atoms with Gasteiger partial charge in [0.05, 0.1) is 12.6 Å². The van der Waals surface area contributed by atoms with Gasteiger partial charge in [0.1, 0.15) is 12.4 Å². The summed E-state index contributed by atoms with van der Waals surface area (Å²) < 4.78 is 5.59. The maximum absolute atomic E-state index is 12.2. The van der Waals surface area contributed by atoms with Crippen molar-refractivity contribution >= 4 is 5.91 Å². The molecule has 0 aliphatic carbocycles. The second kappa shape index (κ2) is 5.09. The van der Waals surface area contributed by atoms with Gasteiger partial charge in [0, 0.05) is 12.1 Å². The van der Waals surface area contributed by atoms with Crippen molar-refractivity contribution in [2.24, 2.45) is 5.41 Å². The molecule has 1 saturated heterocycles. The Kier molecular flexibility index (Phi) is 3.42. The first-order chi connectivity index (χ1) is 9.53. The van der Waals surface area contributed by atoms with E-state index in [1.54, 1.807) is 0 Å². The zero-order valence-corrected chi connectivity index (χ0v) is 12.2. The molecule has 1 fully saturated rings. The Morgan fingerprint density at radius 2 is 2.25 bits per heavy atom. The summed E-state index contributed by atoms with van der Waals surface area (Å²) >= 11 is 0. The van der Waals surface area contributed by atoms with Gasteiger partial charge in [0.2, 0.25) is 5.91 Å². The summed E-state index contributed by atoms with van der Waals surface area (Å²) in [6.07, 6.45) is 1.16. The summed E-state index contributed by atoms with van der Waals surface area (Å²) in [5.41, 5.74) is 1.42. The predicted molar refractivity (Wildman–Crippen MR) is 77.7 cm³/mol. The van der Waals surface area contributed by atoms with E-state index in [1.165, 1.54) is 0 Å². The third-order valence-electron chi connectivity index (χ3n) is 4.16. The molecule has 1 amide bonds. The zero-order valence-electron chi connectivity index (χ0n) is 12.2. The van der Waals surface area contributed by atoms with Crippen molar-refractivity contribution in [3.63, 3.8) is 0 Å². The molecule has 3 rings (SSSR count). The van der Waals surface area contributed by atoms with Crippen molar-refractivity contribution in [1.29, 1.82) is 0 Å². The monoisotopic (exact) mass is 274 g/mol. The number of nitrogens with one attached hydrogen (secondary N) is 1. The number of carbonyl (C=O) groups excluding carboxylic acids is 1. The van der Waals surface area contributed by atoms with E-state index in [2.05, 4.69) is 24.1 Å². The maximum atomic E-state index is 12.2. The fraction of sp³-hybridized carbons (Fsp3) is 0.562. The molecule has 4 nitrogen and oxygen atoms in total. The highest BCUT2D eigenvalue weighted by Gasteiger charge is 2.31. The highest BCUT2D eigenvalue weighted by molar-refractivity contribution is 5.78. The van der Waals surface area contributed by atoms with E-state index in [4.69, 9.17) is 4.74 Å². The number of carbonyl (C=O) groups is 1. The summed E-state index contributed by atoms with van der Waals surface area (Å²) in [5.74, 6) is 0.980. The summed E-state index contributed by atoms with van der Waals surface area (Å²) in [5, 5.41) is 3.08. The second-order valence-corrected chi connectivity index (χ2v) is 6.59. The first-order valence-corrected chi connectivity index (χ1v) is 7.27. The van der Waals surface area contributed by atoms with Crippen LogP contribution in [-0.4, -0.2) is 37.0 Å². The molecule has 20 heavy (non-hydrogen) atoms. The third-order valence-corrected chi connectivity index (χ3v) is 4.16. The molecule has 0 saturated carbocycles. The fourth-order valence-electron chi connectivity index (χ4n) is 3.08. The Bertz CT molecular complexity index is 513. The molecular weight excluding hydrogens is 252 g/mol. The minimum absolute atomic E-state index is 0.00527. The van der Waals surface area contributed by atoms with E-state index >= 15 is 0 Å². The van der Waals surface area contributed by atoms with Gasteiger partial charge in [-0.05, 0) is 24.4 Å². The van der Waals surface area contributed by atoms with Crippen LogP contribution in [0.3, 0.4) is 0 Å². The van der Waals surface area contributed by atoms with E-state index in [0.717, 1.165) is 30.8 Å². The molecule has 1 N–H and O–H groups in total. The van der Waals surface area contributed by atoms with Crippen molar-refractivity contribution in [2.45, 2.75) is 26.3 Å². The van der Waals surface area contributed by atoms with Gasteiger partial charge in [-0.1, -0.05) is 32.0 Å². The summed E-state index contributed by atoms with van der Waals surface area (Å²) in [7, 11) is 0. The summed E-state index contributed by atoms with van der Waals surface area (Å²) in [4.78, 5) is 14.4. The van der Waals surface area contributed by atoms with Crippen LogP contribution in [0.2, 0.25) is 0 Å². The van der Waals surface area contributed by atoms with E-state index < -0.39 is 0 Å². The largest absolute Gasteiger partial charge is 0.491 e. The number of hydrogen-bond acceptors (Lipinski definition) is 3. The topological polar surface area (TPSA) is 41.6 Å². The van der Waals surface area contributed by atoms with Crippen molar-refractivity contribution in [2.75, 3.05) is 26.2 Å². The van der Waals surface area contributed by atoms with Gasteiger partial charge in [-0.15, -0.1) is 0 Å².